The van der Waals surface area contributed by atoms with Crippen LogP contribution in [-0.2, 0) is 5.54 Å². The molecule has 1 fully saturated rings. The molecule has 2 N–H and O–H groups in total. The summed E-state index contributed by atoms with van der Waals surface area (Å²) in [5.41, 5.74) is 6.16. The van der Waals surface area contributed by atoms with Gasteiger partial charge in [0, 0.05) is 23.7 Å². The van der Waals surface area contributed by atoms with Crippen LogP contribution in [0.3, 0.4) is 0 Å². The standard InChI is InChI=1S/C11H17F2N3/c1-6(2)16-8(4)9(7(3)15-16)10(14)5-11(10,12)13/h6H,5,14H2,1-4H3. The van der Waals surface area contributed by atoms with Gasteiger partial charge in [0.05, 0.1) is 5.69 Å². The molecule has 1 saturated carbocycles. The molecule has 0 saturated heterocycles. The van der Waals surface area contributed by atoms with Crippen LogP contribution in [0.1, 0.15) is 43.3 Å². The molecule has 5 heteroatoms. The summed E-state index contributed by atoms with van der Waals surface area (Å²) in [5, 5.41) is 4.29. The van der Waals surface area contributed by atoms with Crippen molar-refractivity contribution in [2.75, 3.05) is 0 Å². The van der Waals surface area contributed by atoms with Gasteiger partial charge in [-0.3, -0.25) is 4.68 Å². The van der Waals surface area contributed by atoms with Crippen LogP contribution < -0.4 is 5.73 Å². The molecule has 1 aliphatic carbocycles. The smallest absolute Gasteiger partial charge is 0.272 e. The van der Waals surface area contributed by atoms with Crippen LogP contribution >= 0.6 is 0 Å². The Morgan fingerprint density at radius 3 is 2.19 bits per heavy atom. The Morgan fingerprint density at radius 2 is 1.88 bits per heavy atom. The summed E-state index contributed by atoms with van der Waals surface area (Å²) in [6.45, 7) is 7.48. The van der Waals surface area contributed by atoms with Gasteiger partial charge < -0.3 is 5.73 Å². The van der Waals surface area contributed by atoms with Crippen molar-refractivity contribution in [3.8, 4) is 0 Å². The van der Waals surface area contributed by atoms with E-state index in [4.69, 9.17) is 5.73 Å². The number of alkyl halides is 2. The van der Waals surface area contributed by atoms with Gasteiger partial charge in [-0.05, 0) is 27.7 Å². The van der Waals surface area contributed by atoms with Gasteiger partial charge in [-0.1, -0.05) is 0 Å². The highest BCUT2D eigenvalue weighted by Crippen LogP contribution is 2.58. The lowest BCUT2D eigenvalue weighted by Gasteiger charge is -2.13. The second-order valence-corrected chi connectivity index (χ2v) is 4.94. The molecule has 0 radical (unpaired) electrons. The number of hydrogen-bond donors (Lipinski definition) is 1. The van der Waals surface area contributed by atoms with E-state index < -0.39 is 11.5 Å². The molecule has 0 amide bonds. The molecule has 2 rings (SSSR count). The van der Waals surface area contributed by atoms with Gasteiger partial charge in [-0.15, -0.1) is 0 Å². The van der Waals surface area contributed by atoms with E-state index >= 15 is 0 Å². The minimum absolute atomic E-state index is 0.156. The van der Waals surface area contributed by atoms with Crippen molar-refractivity contribution in [2.45, 2.75) is 51.6 Å². The maximum absolute atomic E-state index is 13.3. The summed E-state index contributed by atoms with van der Waals surface area (Å²) in [7, 11) is 0. The first kappa shape index (κ1) is 11.5. The molecule has 0 aromatic carbocycles. The van der Waals surface area contributed by atoms with Gasteiger partial charge in [0.15, 0.2) is 0 Å². The zero-order valence-corrected chi connectivity index (χ0v) is 10.0. The first-order chi connectivity index (χ1) is 7.21. The van der Waals surface area contributed by atoms with Gasteiger partial charge in [-0.25, -0.2) is 8.78 Å². The fraction of sp³-hybridized carbons (Fsp3) is 0.727. The van der Waals surface area contributed by atoms with E-state index in [1.807, 2.05) is 13.8 Å². The maximum atomic E-state index is 13.3. The number of aryl methyl sites for hydroxylation is 1. The monoisotopic (exact) mass is 229 g/mol. The molecule has 0 spiro atoms. The Labute approximate surface area is 93.6 Å². The molecule has 90 valence electrons. The number of halogens is 2. The average molecular weight is 229 g/mol. The zero-order chi connectivity index (χ0) is 12.3. The van der Waals surface area contributed by atoms with Crippen molar-refractivity contribution in [3.63, 3.8) is 0 Å². The predicted molar refractivity (Wildman–Crippen MR) is 57.5 cm³/mol. The highest BCUT2D eigenvalue weighted by molar-refractivity contribution is 5.41. The fourth-order valence-corrected chi connectivity index (χ4v) is 2.39. The van der Waals surface area contributed by atoms with Gasteiger partial charge >= 0.3 is 0 Å². The molecule has 1 aromatic rings. The molecule has 16 heavy (non-hydrogen) atoms. The van der Waals surface area contributed by atoms with E-state index in [1.54, 1.807) is 18.5 Å². The summed E-state index contributed by atoms with van der Waals surface area (Å²) in [4.78, 5) is 0. The van der Waals surface area contributed by atoms with Crippen molar-refractivity contribution in [1.82, 2.24) is 9.78 Å². The maximum Gasteiger partial charge on any atom is 0.272 e. The highest BCUT2D eigenvalue weighted by Gasteiger charge is 2.71. The molecule has 3 nitrogen and oxygen atoms in total. The van der Waals surface area contributed by atoms with Crippen molar-refractivity contribution < 1.29 is 8.78 Å². The van der Waals surface area contributed by atoms with Crippen LogP contribution in [0.2, 0.25) is 0 Å². The topological polar surface area (TPSA) is 43.8 Å². The number of nitrogens with zero attached hydrogens (tertiary/aromatic N) is 2. The Morgan fingerprint density at radius 1 is 1.38 bits per heavy atom. The van der Waals surface area contributed by atoms with Crippen LogP contribution in [0.5, 0.6) is 0 Å². The lowest BCUT2D eigenvalue weighted by atomic mass is 10.0. The Bertz CT molecular complexity index is 437. The molecule has 1 unspecified atom stereocenters. The molecule has 0 bridgehead atoms. The summed E-state index contributed by atoms with van der Waals surface area (Å²) >= 11 is 0. The number of hydrogen-bond acceptors (Lipinski definition) is 2. The van der Waals surface area contributed by atoms with Crippen LogP contribution in [0.25, 0.3) is 0 Å². The number of nitrogens with two attached hydrogens (primary N) is 1. The number of rotatable bonds is 2. The summed E-state index contributed by atoms with van der Waals surface area (Å²) in [6.07, 6.45) is -0.272. The lowest BCUT2D eigenvalue weighted by molar-refractivity contribution is 0.0887. The van der Waals surface area contributed by atoms with Gasteiger partial charge in [0.2, 0.25) is 0 Å². The third kappa shape index (κ3) is 1.30. The average Bonchev–Trinajstić information content (AvgIpc) is 2.49. The van der Waals surface area contributed by atoms with E-state index in [9.17, 15) is 8.78 Å². The highest BCUT2D eigenvalue weighted by atomic mass is 19.3. The molecule has 1 atom stereocenters. The van der Waals surface area contributed by atoms with E-state index in [-0.39, 0.29) is 12.5 Å². The molecular formula is C11H17F2N3. The van der Waals surface area contributed by atoms with Gasteiger partial charge in [0.25, 0.3) is 5.92 Å². The molecule has 0 aliphatic heterocycles. The minimum atomic E-state index is -2.78. The van der Waals surface area contributed by atoms with E-state index in [2.05, 4.69) is 5.10 Å². The van der Waals surface area contributed by atoms with E-state index in [0.717, 1.165) is 5.69 Å². The summed E-state index contributed by atoms with van der Waals surface area (Å²) in [5.74, 6) is -2.78. The van der Waals surface area contributed by atoms with Gasteiger partial charge in [-0.2, -0.15) is 5.10 Å². The normalized spacial score (nSPS) is 27.5. The molecular weight excluding hydrogens is 212 g/mol. The second-order valence-electron chi connectivity index (χ2n) is 4.94. The minimum Gasteiger partial charge on any atom is -0.316 e. The Balaban J connectivity index is 2.52. The predicted octanol–water partition coefficient (Wildman–Crippen LogP) is 2.27. The first-order valence-electron chi connectivity index (χ1n) is 5.43. The van der Waals surface area contributed by atoms with Gasteiger partial charge in [0.1, 0.15) is 5.54 Å². The largest absolute Gasteiger partial charge is 0.316 e. The molecule has 1 heterocycles. The molecule has 1 aromatic heterocycles. The number of aromatic nitrogens is 2. The summed E-state index contributed by atoms with van der Waals surface area (Å²) in [6, 6.07) is 0.156. The van der Waals surface area contributed by atoms with Crippen molar-refractivity contribution in [3.05, 3.63) is 17.0 Å². The Kier molecular flexibility index (Phi) is 2.18. The van der Waals surface area contributed by atoms with Crippen LogP contribution in [0.15, 0.2) is 0 Å². The third-order valence-corrected chi connectivity index (χ3v) is 3.29. The molecule has 1 aliphatic rings. The Hall–Kier alpha value is -0.970. The van der Waals surface area contributed by atoms with Crippen LogP contribution in [-0.4, -0.2) is 15.7 Å². The quantitative estimate of drug-likeness (QED) is 0.845. The van der Waals surface area contributed by atoms with E-state index in [1.165, 1.54) is 0 Å². The SMILES string of the molecule is Cc1nn(C(C)C)c(C)c1C1(N)CC1(F)F. The van der Waals surface area contributed by atoms with Crippen molar-refractivity contribution >= 4 is 0 Å². The second kappa shape index (κ2) is 3.03. The lowest BCUT2D eigenvalue weighted by Crippen LogP contribution is -2.28. The van der Waals surface area contributed by atoms with Crippen LogP contribution in [0, 0.1) is 13.8 Å². The fourth-order valence-electron chi connectivity index (χ4n) is 2.39. The first-order valence-corrected chi connectivity index (χ1v) is 5.43. The van der Waals surface area contributed by atoms with Crippen molar-refractivity contribution in [1.29, 1.82) is 0 Å². The van der Waals surface area contributed by atoms with Crippen molar-refractivity contribution in [2.24, 2.45) is 5.73 Å². The zero-order valence-electron chi connectivity index (χ0n) is 10.0. The van der Waals surface area contributed by atoms with Crippen LogP contribution in [0.4, 0.5) is 8.78 Å². The summed E-state index contributed by atoms with van der Waals surface area (Å²) < 4.78 is 28.3. The third-order valence-electron chi connectivity index (χ3n) is 3.29. The van der Waals surface area contributed by atoms with E-state index in [0.29, 0.717) is 11.3 Å².